The largest absolute Gasteiger partial charge is 0.350 e. The van der Waals surface area contributed by atoms with Gasteiger partial charge in [0.15, 0.2) is 0 Å². The molecule has 1 unspecified atom stereocenters. The molecule has 1 amide bonds. The molecule has 5 heteroatoms. The van der Waals surface area contributed by atoms with Gasteiger partial charge in [0.05, 0.1) is 5.56 Å². The number of nitrogens with one attached hydrogen (secondary N) is 1. The second kappa shape index (κ2) is 6.35. The summed E-state index contributed by atoms with van der Waals surface area (Å²) in [5.74, 6) is -0.941. The van der Waals surface area contributed by atoms with Crippen molar-refractivity contribution in [2.75, 3.05) is 19.6 Å². The fourth-order valence-electron chi connectivity index (χ4n) is 2.52. The topological polar surface area (TPSA) is 32.3 Å². The van der Waals surface area contributed by atoms with Crippen LogP contribution >= 0.6 is 11.6 Å². The third-order valence-electron chi connectivity index (χ3n) is 3.58. The Bertz CT molecular complexity index is 467. The summed E-state index contributed by atoms with van der Waals surface area (Å²) in [4.78, 5) is 14.3. The van der Waals surface area contributed by atoms with Crippen molar-refractivity contribution < 1.29 is 9.18 Å². The van der Waals surface area contributed by atoms with Crippen LogP contribution in [0.3, 0.4) is 0 Å². The molecule has 1 N–H and O–H groups in total. The molecule has 0 bridgehead atoms. The Kier molecular flexibility index (Phi) is 4.77. The minimum atomic E-state index is -0.541. The van der Waals surface area contributed by atoms with E-state index in [9.17, 15) is 9.18 Å². The summed E-state index contributed by atoms with van der Waals surface area (Å²) in [7, 11) is 0. The van der Waals surface area contributed by atoms with Gasteiger partial charge in [-0.15, -0.1) is 0 Å². The van der Waals surface area contributed by atoms with Gasteiger partial charge in [-0.25, -0.2) is 4.39 Å². The van der Waals surface area contributed by atoms with Gasteiger partial charge in [0, 0.05) is 17.6 Å². The van der Waals surface area contributed by atoms with E-state index in [1.807, 2.05) is 0 Å². The number of carbonyl (C=O) groups excluding carboxylic acids is 1. The molecule has 0 aliphatic carbocycles. The molecule has 1 fully saturated rings. The number of halogens is 2. The quantitative estimate of drug-likeness (QED) is 0.922. The first-order chi connectivity index (χ1) is 9.11. The fraction of sp³-hybridized carbons (Fsp3) is 0.500. The van der Waals surface area contributed by atoms with Crippen LogP contribution in [0, 0.1) is 5.82 Å². The maximum absolute atomic E-state index is 13.5. The molecule has 1 aliphatic rings. The monoisotopic (exact) mass is 284 g/mol. The van der Waals surface area contributed by atoms with Crippen molar-refractivity contribution in [2.24, 2.45) is 0 Å². The molecular weight excluding hydrogens is 267 g/mol. The van der Waals surface area contributed by atoms with Gasteiger partial charge < -0.3 is 5.32 Å². The Morgan fingerprint density at radius 1 is 1.58 bits per heavy atom. The van der Waals surface area contributed by atoms with E-state index in [2.05, 4.69) is 17.1 Å². The summed E-state index contributed by atoms with van der Waals surface area (Å²) in [6, 6.07) is 4.36. The van der Waals surface area contributed by atoms with E-state index in [0.29, 0.717) is 17.6 Å². The molecule has 0 spiro atoms. The lowest BCUT2D eigenvalue weighted by Gasteiger charge is -2.22. The first-order valence-electron chi connectivity index (χ1n) is 6.59. The zero-order valence-electron chi connectivity index (χ0n) is 11.0. The maximum atomic E-state index is 13.5. The van der Waals surface area contributed by atoms with Gasteiger partial charge in [-0.1, -0.05) is 18.5 Å². The highest BCUT2D eigenvalue weighted by molar-refractivity contribution is 6.30. The summed E-state index contributed by atoms with van der Waals surface area (Å²) in [5, 5.41) is 3.16. The highest BCUT2D eigenvalue weighted by Gasteiger charge is 2.23. The summed E-state index contributed by atoms with van der Waals surface area (Å²) in [6.45, 7) is 4.71. The van der Waals surface area contributed by atoms with Crippen molar-refractivity contribution in [3.8, 4) is 0 Å². The Morgan fingerprint density at radius 3 is 3.11 bits per heavy atom. The molecule has 1 aromatic carbocycles. The Hall–Kier alpha value is -1.13. The van der Waals surface area contributed by atoms with Crippen molar-refractivity contribution in [1.82, 2.24) is 10.2 Å². The Balaban J connectivity index is 1.96. The first kappa shape index (κ1) is 14.3. The Morgan fingerprint density at radius 2 is 2.37 bits per heavy atom. The van der Waals surface area contributed by atoms with Crippen molar-refractivity contribution in [1.29, 1.82) is 0 Å². The van der Waals surface area contributed by atoms with Gasteiger partial charge in [-0.3, -0.25) is 9.69 Å². The van der Waals surface area contributed by atoms with Gasteiger partial charge >= 0.3 is 0 Å². The molecule has 0 aromatic heterocycles. The second-order valence-corrected chi connectivity index (χ2v) is 5.20. The fourth-order valence-corrected chi connectivity index (χ4v) is 2.69. The predicted octanol–water partition coefficient (Wildman–Crippen LogP) is 2.69. The molecule has 1 aliphatic heterocycles. The molecular formula is C14H18ClFN2O. The van der Waals surface area contributed by atoms with Crippen LogP contribution in [0.5, 0.6) is 0 Å². The third kappa shape index (κ3) is 3.45. The van der Waals surface area contributed by atoms with Crippen LogP contribution in [0.2, 0.25) is 5.02 Å². The van der Waals surface area contributed by atoms with Crippen LogP contribution in [-0.2, 0) is 0 Å². The molecule has 1 saturated heterocycles. The Labute approximate surface area is 117 Å². The smallest absolute Gasteiger partial charge is 0.254 e. The number of likely N-dealkylation sites (tertiary alicyclic amines) is 1. The molecule has 2 rings (SSSR count). The summed E-state index contributed by atoms with van der Waals surface area (Å²) in [6.07, 6.45) is 2.23. The number of rotatable bonds is 4. The van der Waals surface area contributed by atoms with Gasteiger partial charge in [-0.05, 0) is 44.1 Å². The summed E-state index contributed by atoms with van der Waals surface area (Å²) < 4.78 is 13.5. The zero-order chi connectivity index (χ0) is 13.8. The van der Waals surface area contributed by atoms with Crippen LogP contribution in [0.4, 0.5) is 4.39 Å². The van der Waals surface area contributed by atoms with Gasteiger partial charge in [0.25, 0.3) is 5.91 Å². The molecule has 19 heavy (non-hydrogen) atoms. The van der Waals surface area contributed by atoms with E-state index in [-0.39, 0.29) is 5.56 Å². The number of benzene rings is 1. The SMILES string of the molecule is CCN1CCCC1CNC(=O)c1cc(Cl)ccc1F. The minimum Gasteiger partial charge on any atom is -0.350 e. The average Bonchev–Trinajstić information content (AvgIpc) is 2.86. The molecule has 0 saturated carbocycles. The summed E-state index contributed by atoms with van der Waals surface area (Å²) in [5.41, 5.74) is 0.00791. The molecule has 1 heterocycles. The zero-order valence-corrected chi connectivity index (χ0v) is 11.7. The minimum absolute atomic E-state index is 0.00791. The van der Waals surface area contributed by atoms with Crippen LogP contribution < -0.4 is 5.32 Å². The number of nitrogens with zero attached hydrogens (tertiary/aromatic N) is 1. The van der Waals surface area contributed by atoms with Gasteiger partial charge in [-0.2, -0.15) is 0 Å². The molecule has 1 atom stereocenters. The van der Waals surface area contributed by atoms with Crippen molar-refractivity contribution in [3.05, 3.63) is 34.6 Å². The van der Waals surface area contributed by atoms with Crippen molar-refractivity contribution in [2.45, 2.75) is 25.8 Å². The van der Waals surface area contributed by atoms with Crippen LogP contribution in [0.1, 0.15) is 30.1 Å². The number of amides is 1. The van der Waals surface area contributed by atoms with Crippen LogP contribution in [0.25, 0.3) is 0 Å². The predicted molar refractivity (Wildman–Crippen MR) is 74.0 cm³/mol. The molecule has 1 aromatic rings. The number of likely N-dealkylation sites (N-methyl/N-ethyl adjacent to an activating group) is 1. The molecule has 3 nitrogen and oxygen atoms in total. The van der Waals surface area contributed by atoms with E-state index in [1.54, 1.807) is 0 Å². The van der Waals surface area contributed by atoms with E-state index in [4.69, 9.17) is 11.6 Å². The normalized spacial score (nSPS) is 19.6. The van der Waals surface area contributed by atoms with E-state index < -0.39 is 11.7 Å². The molecule has 0 radical (unpaired) electrons. The highest BCUT2D eigenvalue weighted by Crippen LogP contribution is 2.17. The second-order valence-electron chi connectivity index (χ2n) is 4.76. The number of hydrogen-bond acceptors (Lipinski definition) is 2. The number of carbonyl (C=O) groups is 1. The standard InChI is InChI=1S/C14H18ClFN2O/c1-2-18-7-3-4-11(18)9-17-14(19)12-8-10(15)5-6-13(12)16/h5-6,8,11H,2-4,7,9H2,1H3,(H,17,19). The average molecular weight is 285 g/mol. The van der Waals surface area contributed by atoms with Crippen molar-refractivity contribution in [3.63, 3.8) is 0 Å². The lowest BCUT2D eigenvalue weighted by Crippen LogP contribution is -2.40. The lowest BCUT2D eigenvalue weighted by atomic mass is 10.1. The van der Waals surface area contributed by atoms with Crippen molar-refractivity contribution >= 4 is 17.5 Å². The highest BCUT2D eigenvalue weighted by atomic mass is 35.5. The van der Waals surface area contributed by atoms with Crippen LogP contribution in [0.15, 0.2) is 18.2 Å². The van der Waals surface area contributed by atoms with Gasteiger partial charge in [0.1, 0.15) is 5.82 Å². The lowest BCUT2D eigenvalue weighted by molar-refractivity contribution is 0.0937. The van der Waals surface area contributed by atoms with Crippen LogP contribution in [-0.4, -0.2) is 36.5 Å². The molecule has 104 valence electrons. The van der Waals surface area contributed by atoms with E-state index in [0.717, 1.165) is 25.9 Å². The van der Waals surface area contributed by atoms with E-state index >= 15 is 0 Å². The first-order valence-corrected chi connectivity index (χ1v) is 6.97. The summed E-state index contributed by atoms with van der Waals surface area (Å²) >= 11 is 5.78. The van der Waals surface area contributed by atoms with Gasteiger partial charge in [0.2, 0.25) is 0 Å². The van der Waals surface area contributed by atoms with E-state index in [1.165, 1.54) is 18.2 Å². The maximum Gasteiger partial charge on any atom is 0.254 e. The number of hydrogen-bond donors (Lipinski definition) is 1. The third-order valence-corrected chi connectivity index (χ3v) is 3.81.